The summed E-state index contributed by atoms with van der Waals surface area (Å²) in [7, 11) is 3.16. The Bertz CT molecular complexity index is 792. The van der Waals surface area contributed by atoms with Crippen LogP contribution >= 0.6 is 11.6 Å². The van der Waals surface area contributed by atoms with Crippen LogP contribution < -0.4 is 24.6 Å². The van der Waals surface area contributed by atoms with Crippen molar-refractivity contribution in [3.05, 3.63) is 47.5 Å². The van der Waals surface area contributed by atoms with E-state index in [0.29, 0.717) is 23.7 Å². The van der Waals surface area contributed by atoms with Gasteiger partial charge in [0.1, 0.15) is 0 Å². The number of hydrogen-bond acceptors (Lipinski definition) is 4. The summed E-state index contributed by atoms with van der Waals surface area (Å²) < 4.78 is 10.5. The Labute approximate surface area is 164 Å². The van der Waals surface area contributed by atoms with Gasteiger partial charge in [-0.2, -0.15) is 0 Å². The SMILES string of the molecule is COc1ccc(NC(=O)C[NH+]2CCN(c3ccccc3Cl)CC2)cc1OC. The first-order valence-electron chi connectivity index (χ1n) is 8.95. The van der Waals surface area contributed by atoms with Gasteiger partial charge in [-0.3, -0.25) is 4.79 Å². The minimum atomic E-state index is -0.0107. The predicted molar refractivity (Wildman–Crippen MR) is 107 cm³/mol. The average Bonchev–Trinajstić information content (AvgIpc) is 2.69. The quantitative estimate of drug-likeness (QED) is 0.788. The molecule has 1 saturated heterocycles. The number of nitrogens with one attached hydrogen (secondary N) is 2. The average molecular weight is 391 g/mol. The number of nitrogens with zero attached hydrogens (tertiary/aromatic N) is 1. The first kappa shape index (κ1) is 19.3. The molecule has 2 aromatic rings. The highest BCUT2D eigenvalue weighted by Crippen LogP contribution is 2.29. The van der Waals surface area contributed by atoms with Crippen LogP contribution in [0.3, 0.4) is 0 Å². The van der Waals surface area contributed by atoms with Crippen LogP contribution in [0.25, 0.3) is 0 Å². The van der Waals surface area contributed by atoms with Gasteiger partial charge in [0.25, 0.3) is 5.91 Å². The largest absolute Gasteiger partial charge is 0.493 e. The highest BCUT2D eigenvalue weighted by atomic mass is 35.5. The summed E-state index contributed by atoms with van der Waals surface area (Å²) in [6.07, 6.45) is 0. The third-order valence-corrected chi connectivity index (χ3v) is 5.06. The van der Waals surface area contributed by atoms with Crippen molar-refractivity contribution in [2.45, 2.75) is 0 Å². The highest BCUT2D eigenvalue weighted by Gasteiger charge is 2.23. The van der Waals surface area contributed by atoms with E-state index >= 15 is 0 Å². The number of anilines is 2. The molecule has 2 N–H and O–H groups in total. The Morgan fingerprint density at radius 1 is 1.11 bits per heavy atom. The van der Waals surface area contributed by atoms with Gasteiger partial charge >= 0.3 is 0 Å². The van der Waals surface area contributed by atoms with Gasteiger partial charge in [-0.25, -0.2) is 0 Å². The molecule has 0 aliphatic carbocycles. The number of para-hydroxylation sites is 1. The summed E-state index contributed by atoms with van der Waals surface area (Å²) in [6.45, 7) is 3.98. The zero-order valence-corrected chi connectivity index (χ0v) is 16.4. The van der Waals surface area contributed by atoms with Crippen LogP contribution in [0.2, 0.25) is 5.02 Å². The van der Waals surface area contributed by atoms with Crippen molar-refractivity contribution < 1.29 is 19.2 Å². The molecule has 0 spiro atoms. The van der Waals surface area contributed by atoms with Gasteiger partial charge in [-0.1, -0.05) is 23.7 Å². The molecule has 0 radical (unpaired) electrons. The lowest BCUT2D eigenvalue weighted by Gasteiger charge is -2.33. The lowest BCUT2D eigenvalue weighted by Crippen LogP contribution is -3.15. The molecular weight excluding hydrogens is 366 g/mol. The Hall–Kier alpha value is -2.44. The molecule has 0 atom stereocenters. The Balaban J connectivity index is 1.52. The fourth-order valence-electron chi connectivity index (χ4n) is 3.30. The number of carbonyl (C=O) groups is 1. The van der Waals surface area contributed by atoms with Crippen molar-refractivity contribution in [1.82, 2.24) is 0 Å². The first-order chi connectivity index (χ1) is 13.1. The van der Waals surface area contributed by atoms with Crippen molar-refractivity contribution in [3.63, 3.8) is 0 Å². The molecule has 1 amide bonds. The summed E-state index contributed by atoms with van der Waals surface area (Å²) in [5, 5.41) is 3.71. The number of ether oxygens (including phenoxy) is 2. The van der Waals surface area contributed by atoms with E-state index in [1.165, 1.54) is 4.90 Å². The van der Waals surface area contributed by atoms with Gasteiger partial charge in [0.05, 0.1) is 51.1 Å². The Morgan fingerprint density at radius 2 is 1.81 bits per heavy atom. The van der Waals surface area contributed by atoms with Crippen LogP contribution in [0.5, 0.6) is 11.5 Å². The molecule has 0 aromatic heterocycles. The summed E-state index contributed by atoms with van der Waals surface area (Å²) in [5.74, 6) is 1.22. The number of methoxy groups -OCH3 is 2. The van der Waals surface area contributed by atoms with Crippen molar-refractivity contribution in [1.29, 1.82) is 0 Å². The van der Waals surface area contributed by atoms with Gasteiger partial charge in [-0.15, -0.1) is 0 Å². The van der Waals surface area contributed by atoms with Crippen molar-refractivity contribution >= 4 is 28.9 Å². The molecule has 1 fully saturated rings. The number of hydrogen-bond donors (Lipinski definition) is 2. The third-order valence-electron chi connectivity index (χ3n) is 4.74. The van der Waals surface area contributed by atoms with Gasteiger partial charge < -0.3 is 24.6 Å². The monoisotopic (exact) mass is 390 g/mol. The number of rotatable bonds is 6. The number of carbonyl (C=O) groups excluding carboxylic acids is 1. The van der Waals surface area contributed by atoms with Crippen molar-refractivity contribution in [3.8, 4) is 11.5 Å². The summed E-state index contributed by atoms with van der Waals surface area (Å²) in [5.41, 5.74) is 1.76. The van der Waals surface area contributed by atoms with E-state index in [-0.39, 0.29) is 5.91 Å². The normalized spacial score (nSPS) is 14.7. The van der Waals surface area contributed by atoms with Gasteiger partial charge in [0, 0.05) is 11.8 Å². The fourth-order valence-corrected chi connectivity index (χ4v) is 3.55. The highest BCUT2D eigenvalue weighted by molar-refractivity contribution is 6.33. The molecule has 1 aliphatic rings. The van der Waals surface area contributed by atoms with Gasteiger partial charge in [-0.05, 0) is 24.3 Å². The zero-order valence-electron chi connectivity index (χ0n) is 15.6. The second-order valence-corrected chi connectivity index (χ2v) is 6.89. The number of benzene rings is 2. The van der Waals surface area contributed by atoms with E-state index in [4.69, 9.17) is 21.1 Å². The minimum absolute atomic E-state index is 0.0107. The zero-order chi connectivity index (χ0) is 19.2. The van der Waals surface area contributed by atoms with Crippen LogP contribution in [0.4, 0.5) is 11.4 Å². The van der Waals surface area contributed by atoms with Crippen LogP contribution in [-0.2, 0) is 4.79 Å². The molecule has 0 unspecified atom stereocenters. The standard InChI is InChI=1S/C20H24ClN3O3/c1-26-18-8-7-15(13-19(18)27-2)22-20(25)14-23-9-11-24(12-10-23)17-6-4-3-5-16(17)21/h3-8,13H,9-12,14H2,1-2H3,(H,22,25)/p+1. The smallest absolute Gasteiger partial charge is 0.279 e. The van der Waals surface area contributed by atoms with E-state index in [1.807, 2.05) is 30.3 Å². The van der Waals surface area contributed by atoms with E-state index in [2.05, 4.69) is 10.2 Å². The maximum atomic E-state index is 12.4. The maximum absolute atomic E-state index is 12.4. The summed E-state index contributed by atoms with van der Waals surface area (Å²) in [4.78, 5) is 15.9. The van der Waals surface area contributed by atoms with E-state index in [0.717, 1.165) is 36.9 Å². The first-order valence-corrected chi connectivity index (χ1v) is 9.33. The lowest BCUT2D eigenvalue weighted by atomic mass is 10.2. The lowest BCUT2D eigenvalue weighted by molar-refractivity contribution is -0.892. The van der Waals surface area contributed by atoms with Crippen molar-refractivity contribution in [2.24, 2.45) is 0 Å². The molecule has 2 aromatic carbocycles. The summed E-state index contributed by atoms with van der Waals surface area (Å²) in [6, 6.07) is 13.2. The molecule has 1 heterocycles. The summed E-state index contributed by atoms with van der Waals surface area (Å²) >= 11 is 6.28. The molecule has 0 bridgehead atoms. The maximum Gasteiger partial charge on any atom is 0.279 e. The Morgan fingerprint density at radius 3 is 2.48 bits per heavy atom. The van der Waals surface area contributed by atoms with Crippen molar-refractivity contribution in [2.75, 3.05) is 57.2 Å². The molecular formula is C20H25ClN3O3+. The minimum Gasteiger partial charge on any atom is -0.493 e. The number of piperazine rings is 1. The van der Waals surface area contributed by atoms with E-state index in [9.17, 15) is 4.79 Å². The van der Waals surface area contributed by atoms with Gasteiger partial charge in [0.2, 0.25) is 0 Å². The second-order valence-electron chi connectivity index (χ2n) is 6.48. The van der Waals surface area contributed by atoms with Crippen LogP contribution in [0, 0.1) is 0 Å². The molecule has 3 rings (SSSR count). The van der Waals surface area contributed by atoms with E-state index < -0.39 is 0 Å². The molecule has 6 nitrogen and oxygen atoms in total. The number of amides is 1. The predicted octanol–water partition coefficient (Wildman–Crippen LogP) is 1.70. The van der Waals surface area contributed by atoms with E-state index in [1.54, 1.807) is 26.4 Å². The molecule has 27 heavy (non-hydrogen) atoms. The fraction of sp³-hybridized carbons (Fsp3) is 0.350. The molecule has 144 valence electrons. The molecule has 1 aliphatic heterocycles. The second kappa shape index (κ2) is 8.97. The van der Waals surface area contributed by atoms with Crippen LogP contribution in [0.1, 0.15) is 0 Å². The molecule has 0 saturated carbocycles. The Kier molecular flexibility index (Phi) is 6.42. The molecule has 7 heteroatoms. The number of halogens is 1. The van der Waals surface area contributed by atoms with Crippen LogP contribution in [-0.4, -0.2) is 52.9 Å². The third kappa shape index (κ3) is 4.84. The van der Waals surface area contributed by atoms with Crippen LogP contribution in [0.15, 0.2) is 42.5 Å². The topological polar surface area (TPSA) is 55.2 Å². The number of quaternary nitrogens is 1. The van der Waals surface area contributed by atoms with Gasteiger partial charge in [0.15, 0.2) is 18.0 Å².